The third-order valence-corrected chi connectivity index (χ3v) is 3.05. The molecule has 0 unspecified atom stereocenters. The summed E-state index contributed by atoms with van der Waals surface area (Å²) in [5.41, 5.74) is 0.955. The van der Waals surface area contributed by atoms with E-state index < -0.39 is 5.63 Å². The summed E-state index contributed by atoms with van der Waals surface area (Å²) in [6.07, 6.45) is 3.00. The van der Waals surface area contributed by atoms with Gasteiger partial charge in [-0.2, -0.15) is 0 Å². The van der Waals surface area contributed by atoms with Crippen LogP contribution in [-0.2, 0) is 0 Å². The van der Waals surface area contributed by atoms with Crippen LogP contribution in [0.4, 0.5) is 0 Å². The molecule has 4 heteroatoms. The van der Waals surface area contributed by atoms with Crippen molar-refractivity contribution >= 4 is 5.91 Å². The number of carbonyl (C=O) groups is 1. The quantitative estimate of drug-likeness (QED) is 0.909. The molecule has 2 aromatic rings. The number of amides is 1. The van der Waals surface area contributed by atoms with Crippen molar-refractivity contribution < 1.29 is 9.21 Å². The zero-order chi connectivity index (χ0) is 14.4. The second kappa shape index (κ2) is 6.70. The molecule has 0 bridgehead atoms. The molecule has 1 heterocycles. The average Bonchev–Trinajstić information content (AvgIpc) is 2.48. The van der Waals surface area contributed by atoms with E-state index >= 15 is 0 Å². The SMILES string of the molecule is CCC[C@@H](NC(=O)c1ccc(=O)oc1)c1ccccc1. The fourth-order valence-corrected chi connectivity index (χ4v) is 2.02. The molecular weight excluding hydrogens is 254 g/mol. The molecule has 0 saturated heterocycles. The maximum absolute atomic E-state index is 12.1. The molecule has 4 nitrogen and oxygen atoms in total. The Bertz CT molecular complexity index is 599. The largest absolute Gasteiger partial charge is 0.430 e. The van der Waals surface area contributed by atoms with Gasteiger partial charge in [-0.25, -0.2) is 4.79 Å². The second-order valence-corrected chi connectivity index (χ2v) is 4.57. The summed E-state index contributed by atoms with van der Waals surface area (Å²) in [6, 6.07) is 12.5. The third kappa shape index (κ3) is 3.57. The van der Waals surface area contributed by atoms with Gasteiger partial charge < -0.3 is 9.73 Å². The molecule has 0 radical (unpaired) electrons. The normalized spacial score (nSPS) is 11.8. The maximum atomic E-state index is 12.1. The number of nitrogens with one attached hydrogen (secondary N) is 1. The second-order valence-electron chi connectivity index (χ2n) is 4.57. The average molecular weight is 271 g/mol. The summed E-state index contributed by atoms with van der Waals surface area (Å²) in [5.74, 6) is -0.240. The lowest BCUT2D eigenvalue weighted by Gasteiger charge is -2.18. The molecule has 1 aromatic carbocycles. The Kier molecular flexibility index (Phi) is 4.71. The van der Waals surface area contributed by atoms with Crippen LogP contribution in [0.3, 0.4) is 0 Å². The van der Waals surface area contributed by atoms with Crippen LogP contribution in [-0.4, -0.2) is 5.91 Å². The van der Waals surface area contributed by atoms with E-state index in [1.54, 1.807) is 0 Å². The third-order valence-electron chi connectivity index (χ3n) is 3.05. The lowest BCUT2D eigenvalue weighted by atomic mass is 10.0. The van der Waals surface area contributed by atoms with Gasteiger partial charge in [0, 0.05) is 6.07 Å². The lowest BCUT2D eigenvalue weighted by Crippen LogP contribution is -2.28. The summed E-state index contributed by atoms with van der Waals surface area (Å²) in [7, 11) is 0. The van der Waals surface area contributed by atoms with E-state index in [-0.39, 0.29) is 11.9 Å². The first kappa shape index (κ1) is 14.1. The topological polar surface area (TPSA) is 59.3 Å². The fourth-order valence-electron chi connectivity index (χ4n) is 2.02. The van der Waals surface area contributed by atoms with Gasteiger partial charge in [0.1, 0.15) is 6.26 Å². The molecule has 0 fully saturated rings. The van der Waals surface area contributed by atoms with Crippen LogP contribution >= 0.6 is 0 Å². The minimum atomic E-state index is -0.463. The molecule has 0 aliphatic rings. The number of hydrogen-bond donors (Lipinski definition) is 1. The van der Waals surface area contributed by atoms with E-state index in [2.05, 4.69) is 12.2 Å². The molecule has 0 spiro atoms. The Morgan fingerprint density at radius 1 is 1.20 bits per heavy atom. The number of carbonyl (C=O) groups excluding carboxylic acids is 1. The first-order valence-electron chi connectivity index (χ1n) is 6.65. The minimum absolute atomic E-state index is 0.0411. The van der Waals surface area contributed by atoms with Crippen LogP contribution in [0.5, 0.6) is 0 Å². The van der Waals surface area contributed by atoms with Gasteiger partial charge >= 0.3 is 5.63 Å². The number of benzene rings is 1. The molecule has 0 aliphatic heterocycles. The Morgan fingerprint density at radius 2 is 1.95 bits per heavy atom. The van der Waals surface area contributed by atoms with Gasteiger partial charge in [0.05, 0.1) is 11.6 Å². The molecule has 104 valence electrons. The molecule has 2 rings (SSSR count). The highest BCUT2D eigenvalue weighted by Crippen LogP contribution is 2.18. The first-order valence-corrected chi connectivity index (χ1v) is 6.65. The fraction of sp³-hybridized carbons (Fsp3) is 0.250. The zero-order valence-electron chi connectivity index (χ0n) is 11.3. The summed E-state index contributed by atoms with van der Waals surface area (Å²) >= 11 is 0. The zero-order valence-corrected chi connectivity index (χ0v) is 11.3. The van der Waals surface area contributed by atoms with Crippen LogP contribution in [0.1, 0.15) is 41.7 Å². The maximum Gasteiger partial charge on any atom is 0.335 e. The van der Waals surface area contributed by atoms with Crippen molar-refractivity contribution in [2.45, 2.75) is 25.8 Å². The Balaban J connectivity index is 2.14. The molecular formula is C16H17NO3. The van der Waals surface area contributed by atoms with E-state index in [4.69, 9.17) is 4.42 Å². The molecule has 1 amide bonds. The molecule has 1 atom stereocenters. The van der Waals surface area contributed by atoms with Crippen molar-refractivity contribution in [1.82, 2.24) is 5.32 Å². The van der Waals surface area contributed by atoms with E-state index in [1.807, 2.05) is 30.3 Å². The van der Waals surface area contributed by atoms with Crippen LogP contribution in [0.2, 0.25) is 0 Å². The number of hydrogen-bond acceptors (Lipinski definition) is 3. The number of rotatable bonds is 5. The summed E-state index contributed by atoms with van der Waals surface area (Å²) < 4.78 is 4.71. The minimum Gasteiger partial charge on any atom is -0.430 e. The van der Waals surface area contributed by atoms with Crippen molar-refractivity contribution in [3.63, 3.8) is 0 Å². The smallest absolute Gasteiger partial charge is 0.335 e. The van der Waals surface area contributed by atoms with Crippen molar-refractivity contribution in [2.24, 2.45) is 0 Å². The van der Waals surface area contributed by atoms with Crippen LogP contribution in [0, 0.1) is 0 Å². The van der Waals surface area contributed by atoms with Crippen LogP contribution in [0.15, 0.2) is 57.9 Å². The molecule has 0 saturated carbocycles. The highest BCUT2D eigenvalue weighted by atomic mass is 16.4. The van der Waals surface area contributed by atoms with E-state index in [9.17, 15) is 9.59 Å². The Hall–Kier alpha value is -2.36. The van der Waals surface area contributed by atoms with Crippen molar-refractivity contribution in [1.29, 1.82) is 0 Å². The highest BCUT2D eigenvalue weighted by molar-refractivity contribution is 5.93. The van der Waals surface area contributed by atoms with Gasteiger partial charge in [0.15, 0.2) is 0 Å². The first-order chi connectivity index (χ1) is 9.70. The summed E-state index contributed by atoms with van der Waals surface area (Å²) in [4.78, 5) is 23.0. The predicted octanol–water partition coefficient (Wildman–Crippen LogP) is 2.91. The summed E-state index contributed by atoms with van der Waals surface area (Å²) in [6.45, 7) is 2.07. The molecule has 1 N–H and O–H groups in total. The Morgan fingerprint density at radius 3 is 2.55 bits per heavy atom. The van der Waals surface area contributed by atoms with Crippen LogP contribution < -0.4 is 10.9 Å². The van der Waals surface area contributed by atoms with Gasteiger partial charge in [0.2, 0.25) is 0 Å². The van der Waals surface area contributed by atoms with Gasteiger partial charge in [-0.05, 0) is 18.1 Å². The van der Waals surface area contributed by atoms with E-state index in [0.29, 0.717) is 5.56 Å². The predicted molar refractivity (Wildman–Crippen MR) is 76.5 cm³/mol. The lowest BCUT2D eigenvalue weighted by molar-refractivity contribution is 0.0932. The monoisotopic (exact) mass is 271 g/mol. The molecule has 20 heavy (non-hydrogen) atoms. The van der Waals surface area contributed by atoms with Gasteiger partial charge in [-0.1, -0.05) is 43.7 Å². The highest BCUT2D eigenvalue weighted by Gasteiger charge is 2.15. The van der Waals surface area contributed by atoms with Crippen molar-refractivity contribution in [3.8, 4) is 0 Å². The summed E-state index contributed by atoms with van der Waals surface area (Å²) in [5, 5.41) is 2.97. The van der Waals surface area contributed by atoms with Crippen molar-refractivity contribution in [2.75, 3.05) is 0 Å². The molecule has 0 aliphatic carbocycles. The van der Waals surface area contributed by atoms with Crippen LogP contribution in [0.25, 0.3) is 0 Å². The Labute approximate surface area is 117 Å². The van der Waals surface area contributed by atoms with E-state index in [1.165, 1.54) is 18.4 Å². The van der Waals surface area contributed by atoms with Crippen molar-refractivity contribution in [3.05, 3.63) is 70.3 Å². The van der Waals surface area contributed by atoms with Gasteiger partial charge in [0.25, 0.3) is 5.91 Å². The van der Waals surface area contributed by atoms with Gasteiger partial charge in [-0.3, -0.25) is 4.79 Å². The molecule has 1 aromatic heterocycles. The standard InChI is InChI=1S/C16H17NO3/c1-2-6-14(12-7-4-3-5-8-12)17-16(19)13-9-10-15(18)20-11-13/h3-5,7-11,14H,2,6H2,1H3,(H,17,19)/t14-/m1/s1. The van der Waals surface area contributed by atoms with Gasteiger partial charge in [-0.15, -0.1) is 0 Å². The van der Waals surface area contributed by atoms with E-state index in [0.717, 1.165) is 18.4 Å².